The molecule has 2 heterocycles. The lowest BCUT2D eigenvalue weighted by Gasteiger charge is -2.29. The number of aromatic nitrogens is 1. The lowest BCUT2D eigenvalue weighted by Crippen LogP contribution is -2.47. The van der Waals surface area contributed by atoms with Gasteiger partial charge in [-0.05, 0) is 36.7 Å². The summed E-state index contributed by atoms with van der Waals surface area (Å²) in [4.78, 5) is 29.5. The van der Waals surface area contributed by atoms with E-state index >= 15 is 0 Å². The molecule has 0 aliphatic carbocycles. The van der Waals surface area contributed by atoms with Gasteiger partial charge in [-0.15, -0.1) is 0 Å². The number of nitrogens with one attached hydrogen (secondary N) is 2. The number of carbonyl (C=O) groups is 2. The number of anilines is 1. The van der Waals surface area contributed by atoms with E-state index in [1.165, 1.54) is 0 Å². The first-order valence-corrected chi connectivity index (χ1v) is 8.10. The molecule has 1 aromatic heterocycles. The van der Waals surface area contributed by atoms with Crippen LogP contribution in [-0.4, -0.2) is 34.3 Å². The van der Waals surface area contributed by atoms with Gasteiger partial charge in [0.2, 0.25) is 11.8 Å². The fraction of sp³-hybridized carbons (Fsp3) is 0.438. The van der Waals surface area contributed by atoms with Crippen LogP contribution in [0.2, 0.25) is 0 Å². The molecule has 23 heavy (non-hydrogen) atoms. The van der Waals surface area contributed by atoms with Crippen LogP contribution in [0.25, 0.3) is 11.1 Å². The van der Waals surface area contributed by atoms with Gasteiger partial charge in [0, 0.05) is 24.7 Å². The van der Waals surface area contributed by atoms with Gasteiger partial charge >= 0.3 is 0 Å². The molecule has 1 atom stereocenters. The smallest absolute Gasteiger partial charge is 0.266 e. The summed E-state index contributed by atoms with van der Waals surface area (Å²) in [5.74, 6) is -0.0913. The predicted octanol–water partition coefficient (Wildman–Crippen LogP) is 3.08. The van der Waals surface area contributed by atoms with Crippen molar-refractivity contribution < 1.29 is 14.0 Å². The van der Waals surface area contributed by atoms with Crippen molar-refractivity contribution in [1.29, 1.82) is 0 Å². The summed E-state index contributed by atoms with van der Waals surface area (Å²) in [5.41, 5.74) is 1.99. The third-order valence-corrected chi connectivity index (χ3v) is 4.22. The van der Waals surface area contributed by atoms with Crippen molar-refractivity contribution in [2.75, 3.05) is 11.9 Å². The van der Waals surface area contributed by atoms with E-state index in [0.29, 0.717) is 29.1 Å². The third-order valence-electron chi connectivity index (χ3n) is 4.03. The maximum atomic E-state index is 12.7. The zero-order chi connectivity index (χ0) is 16.6. The summed E-state index contributed by atoms with van der Waals surface area (Å²) in [6.45, 7) is 4.54. The van der Waals surface area contributed by atoms with Crippen molar-refractivity contribution in [3.63, 3.8) is 0 Å². The van der Waals surface area contributed by atoms with Crippen LogP contribution in [0.4, 0.5) is 5.69 Å². The summed E-state index contributed by atoms with van der Waals surface area (Å²) in [6, 6.07) is 4.85. The number of H-pyrrole nitrogens is 1. The van der Waals surface area contributed by atoms with Crippen LogP contribution in [0.5, 0.6) is 0 Å². The van der Waals surface area contributed by atoms with Crippen LogP contribution in [-0.2, 0) is 9.59 Å². The van der Waals surface area contributed by atoms with E-state index in [0.717, 1.165) is 11.9 Å². The average molecular weight is 333 g/mol. The molecule has 0 spiro atoms. The van der Waals surface area contributed by atoms with E-state index in [2.05, 4.69) is 10.3 Å². The Bertz CT molecular complexity index is 808. The van der Waals surface area contributed by atoms with E-state index in [-0.39, 0.29) is 17.7 Å². The first kappa shape index (κ1) is 15.7. The number of likely N-dealkylation sites (tertiary alicyclic amines) is 1. The minimum Gasteiger partial charge on any atom is -0.429 e. The SMILES string of the molecule is CC(C)[C@@H](C(=O)Nc1ccc2[nH]c(=S)oc2c1)N1CCCC1=O. The highest BCUT2D eigenvalue weighted by atomic mass is 32.1. The number of aromatic amines is 1. The first-order chi connectivity index (χ1) is 11.0. The Balaban J connectivity index is 1.82. The highest BCUT2D eigenvalue weighted by Gasteiger charge is 2.34. The highest BCUT2D eigenvalue weighted by Crippen LogP contribution is 2.22. The van der Waals surface area contributed by atoms with Crippen LogP contribution in [0.3, 0.4) is 0 Å². The van der Waals surface area contributed by atoms with Gasteiger partial charge in [-0.25, -0.2) is 0 Å². The van der Waals surface area contributed by atoms with Crippen molar-refractivity contribution in [3.05, 3.63) is 23.0 Å². The fourth-order valence-corrected chi connectivity index (χ4v) is 3.21. The number of amides is 2. The Morgan fingerprint density at radius 3 is 2.87 bits per heavy atom. The molecule has 0 radical (unpaired) electrons. The number of hydrogen-bond donors (Lipinski definition) is 2. The van der Waals surface area contributed by atoms with E-state index in [1.807, 2.05) is 13.8 Å². The molecular weight excluding hydrogens is 314 g/mol. The van der Waals surface area contributed by atoms with Crippen molar-refractivity contribution in [2.24, 2.45) is 5.92 Å². The molecule has 1 fully saturated rings. The van der Waals surface area contributed by atoms with E-state index < -0.39 is 6.04 Å². The third kappa shape index (κ3) is 3.14. The molecular formula is C16H19N3O3S. The van der Waals surface area contributed by atoms with Gasteiger partial charge in [-0.1, -0.05) is 13.8 Å². The van der Waals surface area contributed by atoms with Gasteiger partial charge in [0.25, 0.3) is 4.84 Å². The molecule has 1 aliphatic heterocycles. The predicted molar refractivity (Wildman–Crippen MR) is 89.6 cm³/mol. The van der Waals surface area contributed by atoms with Crippen molar-refractivity contribution in [1.82, 2.24) is 9.88 Å². The zero-order valence-corrected chi connectivity index (χ0v) is 13.9. The van der Waals surface area contributed by atoms with Gasteiger partial charge in [0.15, 0.2) is 5.58 Å². The Morgan fingerprint density at radius 2 is 2.22 bits per heavy atom. The van der Waals surface area contributed by atoms with E-state index in [1.54, 1.807) is 23.1 Å². The molecule has 1 aromatic carbocycles. The van der Waals surface area contributed by atoms with Crippen LogP contribution in [0.15, 0.2) is 22.6 Å². The van der Waals surface area contributed by atoms with E-state index in [4.69, 9.17) is 16.6 Å². The monoisotopic (exact) mass is 333 g/mol. The first-order valence-electron chi connectivity index (χ1n) is 7.69. The topological polar surface area (TPSA) is 78.3 Å². The summed E-state index contributed by atoms with van der Waals surface area (Å²) in [6.07, 6.45) is 1.33. The minimum atomic E-state index is -0.460. The summed E-state index contributed by atoms with van der Waals surface area (Å²) >= 11 is 4.95. The second-order valence-electron chi connectivity index (χ2n) is 6.09. The number of rotatable bonds is 4. The largest absolute Gasteiger partial charge is 0.429 e. The number of oxazole rings is 1. The standard InChI is InChI=1S/C16H19N3O3S/c1-9(2)14(19-7-3-4-13(19)20)15(21)17-10-5-6-11-12(8-10)22-16(23)18-11/h5-6,8-9,14H,3-4,7H2,1-2H3,(H,17,21)(H,18,23)/t14-/m0/s1. The molecule has 0 saturated carbocycles. The van der Waals surface area contributed by atoms with E-state index in [9.17, 15) is 9.59 Å². The lowest BCUT2D eigenvalue weighted by atomic mass is 10.0. The lowest BCUT2D eigenvalue weighted by molar-refractivity contribution is -0.136. The molecule has 2 aromatic rings. The van der Waals surface area contributed by atoms with Crippen LogP contribution < -0.4 is 5.32 Å². The molecule has 2 N–H and O–H groups in total. The number of nitrogens with zero attached hydrogens (tertiary/aromatic N) is 1. The minimum absolute atomic E-state index is 0.0389. The number of carbonyl (C=O) groups excluding carboxylic acids is 2. The van der Waals surface area contributed by atoms with Gasteiger partial charge in [-0.2, -0.15) is 0 Å². The normalized spacial score (nSPS) is 16.3. The summed E-state index contributed by atoms with van der Waals surface area (Å²) in [5, 5.41) is 2.88. The zero-order valence-electron chi connectivity index (χ0n) is 13.1. The molecule has 2 amide bonds. The van der Waals surface area contributed by atoms with Crippen LogP contribution in [0, 0.1) is 10.8 Å². The molecule has 7 heteroatoms. The highest BCUT2D eigenvalue weighted by molar-refractivity contribution is 7.71. The summed E-state index contributed by atoms with van der Waals surface area (Å²) < 4.78 is 5.36. The number of benzene rings is 1. The van der Waals surface area contributed by atoms with Crippen molar-refractivity contribution in [3.8, 4) is 0 Å². The van der Waals surface area contributed by atoms with Crippen LogP contribution in [0.1, 0.15) is 26.7 Å². The van der Waals surface area contributed by atoms with Gasteiger partial charge < -0.3 is 19.6 Å². The maximum Gasteiger partial charge on any atom is 0.266 e. The summed E-state index contributed by atoms with van der Waals surface area (Å²) in [7, 11) is 0. The molecule has 1 saturated heterocycles. The second-order valence-corrected chi connectivity index (χ2v) is 6.47. The number of hydrogen-bond acceptors (Lipinski definition) is 4. The Hall–Kier alpha value is -2.15. The quantitative estimate of drug-likeness (QED) is 0.843. The van der Waals surface area contributed by atoms with Gasteiger partial charge in [-0.3, -0.25) is 9.59 Å². The fourth-order valence-electron chi connectivity index (χ4n) is 3.01. The molecule has 6 nitrogen and oxygen atoms in total. The Labute approximate surface area is 138 Å². The Morgan fingerprint density at radius 1 is 1.43 bits per heavy atom. The Kier molecular flexibility index (Phi) is 4.21. The van der Waals surface area contributed by atoms with Crippen molar-refractivity contribution >= 4 is 40.8 Å². The molecule has 0 bridgehead atoms. The van der Waals surface area contributed by atoms with Gasteiger partial charge in [0.1, 0.15) is 6.04 Å². The van der Waals surface area contributed by atoms with Gasteiger partial charge in [0.05, 0.1) is 5.52 Å². The average Bonchev–Trinajstić information content (AvgIpc) is 3.03. The molecule has 1 aliphatic rings. The second kappa shape index (κ2) is 6.16. The molecule has 0 unspecified atom stereocenters. The molecule has 122 valence electrons. The van der Waals surface area contributed by atoms with Crippen molar-refractivity contribution in [2.45, 2.75) is 32.7 Å². The number of fused-ring (bicyclic) bond motifs is 1. The van der Waals surface area contributed by atoms with Crippen LogP contribution >= 0.6 is 12.2 Å². The maximum absolute atomic E-state index is 12.7. The molecule has 3 rings (SSSR count).